The van der Waals surface area contributed by atoms with Gasteiger partial charge >= 0.3 is 0 Å². The molecule has 2 fully saturated rings. The van der Waals surface area contributed by atoms with Crippen molar-refractivity contribution in [2.24, 2.45) is 0 Å². The molecule has 100 valence electrons. The van der Waals surface area contributed by atoms with Crippen LogP contribution in [0.2, 0.25) is 6.32 Å². The van der Waals surface area contributed by atoms with Crippen molar-refractivity contribution in [3.63, 3.8) is 0 Å². The predicted octanol–water partition coefficient (Wildman–Crippen LogP) is 3.22. The lowest BCUT2D eigenvalue weighted by molar-refractivity contribution is 0.340. The monoisotopic (exact) mass is 261 g/mol. The molecule has 2 aromatic carbocycles. The summed E-state index contributed by atoms with van der Waals surface area (Å²) in [6, 6.07) is 23.0. The third-order valence-electron chi connectivity index (χ3n) is 5.30. The summed E-state index contributed by atoms with van der Waals surface area (Å²) in [6.07, 6.45) is 3.95. The predicted molar refractivity (Wildman–Crippen MR) is 85.3 cm³/mol. The molecule has 1 atom stereocenters. The lowest BCUT2D eigenvalue weighted by Crippen LogP contribution is -2.39. The second kappa shape index (κ2) is 4.78. The van der Waals surface area contributed by atoms with Crippen LogP contribution in [0.25, 0.3) is 0 Å². The number of hydrogen-bond donors (Lipinski definition) is 0. The van der Waals surface area contributed by atoms with Crippen LogP contribution >= 0.6 is 0 Å². The van der Waals surface area contributed by atoms with Crippen molar-refractivity contribution in [2.45, 2.75) is 30.6 Å². The quantitative estimate of drug-likeness (QED) is 0.750. The van der Waals surface area contributed by atoms with Gasteiger partial charge in [-0.25, -0.2) is 0 Å². The summed E-state index contributed by atoms with van der Waals surface area (Å²) in [5.41, 5.74) is 3.21. The Kier molecular flexibility index (Phi) is 2.92. The SMILES string of the molecule is B1CC(c2ccccc2)(c2ccccc2)[C@H]2CCCN12. The van der Waals surface area contributed by atoms with Gasteiger partial charge in [0, 0.05) is 11.5 Å². The highest BCUT2D eigenvalue weighted by atomic mass is 15.1. The molecular formula is C18H20BN. The summed E-state index contributed by atoms with van der Waals surface area (Å²) in [4.78, 5) is 2.71. The third kappa shape index (κ3) is 1.68. The Morgan fingerprint density at radius 1 is 0.900 bits per heavy atom. The topological polar surface area (TPSA) is 3.24 Å². The summed E-state index contributed by atoms with van der Waals surface area (Å²) < 4.78 is 0. The van der Waals surface area contributed by atoms with Crippen LogP contribution in [0.4, 0.5) is 0 Å². The van der Waals surface area contributed by atoms with E-state index >= 15 is 0 Å². The van der Waals surface area contributed by atoms with Crippen LogP contribution in [0.15, 0.2) is 60.7 Å². The average Bonchev–Trinajstić information content (AvgIpc) is 3.11. The average molecular weight is 261 g/mol. The van der Waals surface area contributed by atoms with Crippen molar-refractivity contribution >= 4 is 7.41 Å². The smallest absolute Gasteiger partial charge is 0.205 e. The van der Waals surface area contributed by atoms with Gasteiger partial charge in [-0.1, -0.05) is 60.7 Å². The van der Waals surface area contributed by atoms with E-state index in [0.29, 0.717) is 6.04 Å². The molecule has 0 aliphatic carbocycles. The lowest BCUT2D eigenvalue weighted by atomic mass is 9.64. The van der Waals surface area contributed by atoms with E-state index in [0.717, 1.165) is 0 Å². The largest absolute Gasteiger partial charge is 0.341 e. The molecule has 1 nitrogen and oxygen atoms in total. The van der Waals surface area contributed by atoms with Gasteiger partial charge in [-0.3, -0.25) is 0 Å². The number of hydrogen-bond acceptors (Lipinski definition) is 1. The summed E-state index contributed by atoms with van der Waals surface area (Å²) >= 11 is 0. The van der Waals surface area contributed by atoms with Gasteiger partial charge in [0.05, 0.1) is 0 Å². The number of fused-ring (bicyclic) bond motifs is 1. The maximum atomic E-state index is 2.71. The third-order valence-corrected chi connectivity index (χ3v) is 5.30. The number of benzene rings is 2. The minimum absolute atomic E-state index is 0.207. The van der Waals surface area contributed by atoms with Crippen molar-refractivity contribution in [3.05, 3.63) is 71.8 Å². The summed E-state index contributed by atoms with van der Waals surface area (Å²) in [6.45, 7) is 1.28. The Balaban J connectivity index is 1.90. The van der Waals surface area contributed by atoms with E-state index in [4.69, 9.17) is 0 Å². The fourth-order valence-electron chi connectivity index (χ4n) is 4.45. The molecule has 4 rings (SSSR count). The zero-order valence-electron chi connectivity index (χ0n) is 11.8. The fraction of sp³-hybridized carbons (Fsp3) is 0.333. The van der Waals surface area contributed by atoms with E-state index in [2.05, 4.69) is 65.5 Å². The van der Waals surface area contributed by atoms with Gasteiger partial charge in [0.1, 0.15) is 0 Å². The van der Waals surface area contributed by atoms with Crippen LogP contribution in [-0.2, 0) is 5.41 Å². The molecule has 0 bridgehead atoms. The van der Waals surface area contributed by atoms with Crippen LogP contribution in [0.5, 0.6) is 0 Å². The summed E-state index contributed by atoms with van der Waals surface area (Å²) in [5, 5.41) is 0. The van der Waals surface area contributed by atoms with Crippen LogP contribution in [-0.4, -0.2) is 24.8 Å². The maximum absolute atomic E-state index is 2.71. The van der Waals surface area contributed by atoms with Crippen molar-refractivity contribution in [2.75, 3.05) is 6.54 Å². The standard InChI is InChI=1S/C18H20BN/c1-3-8-15(9-4-1)18(16-10-5-2-6-11-16)14-19-20-13-7-12-17(18)20/h1-6,8-11,17,19H,7,12-14H2/t17-/m1/s1. The van der Waals surface area contributed by atoms with Crippen molar-refractivity contribution in [1.82, 2.24) is 4.81 Å². The van der Waals surface area contributed by atoms with Gasteiger partial charge in [0.25, 0.3) is 0 Å². The van der Waals surface area contributed by atoms with Gasteiger partial charge in [-0.05, 0) is 36.8 Å². The van der Waals surface area contributed by atoms with Gasteiger partial charge in [-0.15, -0.1) is 0 Å². The van der Waals surface area contributed by atoms with E-state index in [-0.39, 0.29) is 5.41 Å². The second-order valence-electron chi connectivity index (χ2n) is 6.15. The molecule has 0 aromatic heterocycles. The molecular weight excluding hydrogens is 241 g/mol. The van der Waals surface area contributed by atoms with Gasteiger partial charge in [0.15, 0.2) is 0 Å². The van der Waals surface area contributed by atoms with Gasteiger partial charge in [0.2, 0.25) is 7.41 Å². The fourth-order valence-corrected chi connectivity index (χ4v) is 4.45. The molecule has 20 heavy (non-hydrogen) atoms. The molecule has 0 spiro atoms. The molecule has 2 aliphatic rings. The normalized spacial score (nSPS) is 24.3. The molecule has 0 amide bonds. The molecule has 0 N–H and O–H groups in total. The molecule has 0 unspecified atom stereocenters. The molecule has 2 aliphatic heterocycles. The first-order chi connectivity index (χ1) is 9.91. The first kappa shape index (κ1) is 12.2. The lowest BCUT2D eigenvalue weighted by Gasteiger charge is -2.37. The van der Waals surface area contributed by atoms with Crippen LogP contribution < -0.4 is 0 Å². The Hall–Kier alpha value is -1.54. The van der Waals surface area contributed by atoms with Crippen molar-refractivity contribution in [3.8, 4) is 0 Å². The Labute approximate surface area is 121 Å². The van der Waals surface area contributed by atoms with Crippen LogP contribution in [0.3, 0.4) is 0 Å². The van der Waals surface area contributed by atoms with E-state index < -0.39 is 0 Å². The molecule has 2 heterocycles. The molecule has 2 heteroatoms. The minimum Gasteiger partial charge on any atom is -0.341 e. The molecule has 0 saturated carbocycles. The molecule has 2 saturated heterocycles. The van der Waals surface area contributed by atoms with Gasteiger partial charge < -0.3 is 4.81 Å². The Bertz CT molecular complexity index is 541. The summed E-state index contributed by atoms with van der Waals surface area (Å²) in [7, 11) is 1.24. The van der Waals surface area contributed by atoms with E-state index in [1.54, 1.807) is 0 Å². The number of rotatable bonds is 2. The highest BCUT2D eigenvalue weighted by molar-refractivity contribution is 6.34. The van der Waals surface area contributed by atoms with E-state index in [1.165, 1.54) is 44.2 Å². The zero-order valence-corrected chi connectivity index (χ0v) is 11.8. The number of nitrogens with zero attached hydrogens (tertiary/aromatic N) is 1. The Morgan fingerprint density at radius 2 is 1.50 bits per heavy atom. The second-order valence-corrected chi connectivity index (χ2v) is 6.15. The highest BCUT2D eigenvalue weighted by Gasteiger charge is 2.51. The summed E-state index contributed by atoms with van der Waals surface area (Å²) in [5.74, 6) is 0. The first-order valence-electron chi connectivity index (χ1n) is 7.76. The van der Waals surface area contributed by atoms with Gasteiger partial charge in [-0.2, -0.15) is 0 Å². The van der Waals surface area contributed by atoms with E-state index in [9.17, 15) is 0 Å². The zero-order chi connectivity index (χ0) is 13.4. The van der Waals surface area contributed by atoms with Crippen molar-refractivity contribution < 1.29 is 0 Å². The first-order valence-corrected chi connectivity index (χ1v) is 7.76. The molecule has 2 aromatic rings. The van der Waals surface area contributed by atoms with Crippen molar-refractivity contribution in [1.29, 1.82) is 0 Å². The van der Waals surface area contributed by atoms with Crippen LogP contribution in [0, 0.1) is 0 Å². The van der Waals surface area contributed by atoms with Crippen LogP contribution in [0.1, 0.15) is 24.0 Å². The minimum atomic E-state index is 0.207. The molecule has 0 radical (unpaired) electrons. The maximum Gasteiger partial charge on any atom is 0.205 e. The Morgan fingerprint density at radius 3 is 2.10 bits per heavy atom. The van der Waals surface area contributed by atoms with E-state index in [1.807, 2.05) is 0 Å². The highest BCUT2D eigenvalue weighted by Crippen LogP contribution is 2.49.